The molecule has 4 aromatic carbocycles. The van der Waals surface area contributed by atoms with E-state index in [9.17, 15) is 5.11 Å². The smallest absolute Gasteiger partial charge is 0.120 e. The summed E-state index contributed by atoms with van der Waals surface area (Å²) in [5.74, 6) is 0.349. The van der Waals surface area contributed by atoms with Crippen molar-refractivity contribution >= 4 is 10.8 Å². The molecule has 3 heteroatoms. The predicted molar refractivity (Wildman–Crippen MR) is 124 cm³/mol. The Hall–Kier alpha value is -3.14. The van der Waals surface area contributed by atoms with E-state index in [0.29, 0.717) is 5.75 Å². The number of benzene rings is 4. The third-order valence-corrected chi connectivity index (χ3v) is 5.47. The second-order valence-electron chi connectivity index (χ2n) is 7.59. The first-order valence-electron chi connectivity index (χ1n) is 10.5. The van der Waals surface area contributed by atoms with Gasteiger partial charge in [-0.25, -0.2) is 0 Å². The van der Waals surface area contributed by atoms with Gasteiger partial charge < -0.3 is 15.7 Å². The van der Waals surface area contributed by atoms with Crippen LogP contribution in [-0.4, -0.2) is 11.7 Å². The maximum atomic E-state index is 10.8. The molecule has 0 aliphatic carbocycles. The molecule has 3 N–H and O–H groups in total. The molecule has 4 aromatic rings. The van der Waals surface area contributed by atoms with Gasteiger partial charge in [0.05, 0.1) is 0 Å². The highest BCUT2D eigenvalue weighted by atomic mass is 16.3. The molecule has 3 nitrogen and oxygen atoms in total. The van der Waals surface area contributed by atoms with Crippen LogP contribution in [0.5, 0.6) is 5.75 Å². The highest BCUT2D eigenvalue weighted by molar-refractivity contribution is 5.88. The lowest BCUT2D eigenvalue weighted by Gasteiger charge is -2.22. The molecule has 0 radical (unpaired) electrons. The van der Waals surface area contributed by atoms with Crippen LogP contribution >= 0.6 is 0 Å². The fourth-order valence-corrected chi connectivity index (χ4v) is 3.91. The summed E-state index contributed by atoms with van der Waals surface area (Å²) in [6, 6.07) is 32.9. The maximum Gasteiger partial charge on any atom is 0.120 e. The number of fused-ring (bicyclic) bond motifs is 1. The first kappa shape index (κ1) is 20.1. The molecule has 152 valence electrons. The molecule has 1 atom stereocenters. The summed E-state index contributed by atoms with van der Waals surface area (Å²) in [5.41, 5.74) is 3.49. The molecule has 0 unspecified atom stereocenters. The SMILES string of the molecule is Oc1ccc2ccccc2c1[C@H](CCNCc1ccccc1)NCc1ccccc1. The molecule has 0 saturated heterocycles. The lowest BCUT2D eigenvalue weighted by molar-refractivity contribution is 0.432. The topological polar surface area (TPSA) is 44.3 Å². The fraction of sp³-hybridized carbons (Fsp3) is 0.185. The molecule has 0 aromatic heterocycles. The van der Waals surface area contributed by atoms with Gasteiger partial charge in [-0.1, -0.05) is 91.0 Å². The molecular formula is C27H28N2O. The van der Waals surface area contributed by atoms with Crippen molar-refractivity contribution in [2.24, 2.45) is 0 Å². The third-order valence-electron chi connectivity index (χ3n) is 5.47. The van der Waals surface area contributed by atoms with Crippen molar-refractivity contribution in [3.05, 3.63) is 114 Å². The second kappa shape index (κ2) is 10.1. The van der Waals surface area contributed by atoms with Crippen molar-refractivity contribution in [3.63, 3.8) is 0 Å². The van der Waals surface area contributed by atoms with E-state index in [0.717, 1.165) is 42.4 Å². The normalized spacial score (nSPS) is 12.1. The van der Waals surface area contributed by atoms with Gasteiger partial charge in [-0.15, -0.1) is 0 Å². The molecule has 0 fully saturated rings. The monoisotopic (exact) mass is 396 g/mol. The molecule has 0 aliphatic heterocycles. The van der Waals surface area contributed by atoms with Crippen LogP contribution in [0.3, 0.4) is 0 Å². The van der Waals surface area contributed by atoms with Crippen LogP contribution < -0.4 is 10.6 Å². The van der Waals surface area contributed by atoms with Crippen molar-refractivity contribution in [2.45, 2.75) is 25.6 Å². The number of nitrogens with one attached hydrogen (secondary N) is 2. The van der Waals surface area contributed by atoms with Gasteiger partial charge >= 0.3 is 0 Å². The van der Waals surface area contributed by atoms with Gasteiger partial charge in [0, 0.05) is 24.7 Å². The number of hydrogen-bond donors (Lipinski definition) is 3. The Balaban J connectivity index is 1.52. The Morgan fingerprint density at radius 2 is 1.30 bits per heavy atom. The van der Waals surface area contributed by atoms with E-state index in [2.05, 4.69) is 71.3 Å². The standard InChI is InChI=1S/C27H28N2O/c30-26-16-15-23-13-7-8-14-24(23)27(26)25(29-20-22-11-5-2-6-12-22)17-18-28-19-21-9-3-1-4-10-21/h1-16,25,28-30H,17-20H2/t25-/m0/s1. The molecule has 0 spiro atoms. The fourth-order valence-electron chi connectivity index (χ4n) is 3.91. The van der Waals surface area contributed by atoms with E-state index in [4.69, 9.17) is 0 Å². The van der Waals surface area contributed by atoms with Crippen LogP contribution in [0.15, 0.2) is 97.1 Å². The summed E-state index contributed by atoms with van der Waals surface area (Å²) in [6.45, 7) is 2.45. The van der Waals surface area contributed by atoms with Crippen LogP contribution in [0.1, 0.15) is 29.2 Å². The molecule has 0 heterocycles. The van der Waals surface area contributed by atoms with Gasteiger partial charge in [-0.2, -0.15) is 0 Å². The number of phenols is 1. The Kier molecular flexibility index (Phi) is 6.75. The van der Waals surface area contributed by atoms with E-state index in [1.165, 1.54) is 11.1 Å². The molecule has 30 heavy (non-hydrogen) atoms. The molecule has 0 saturated carbocycles. The number of aromatic hydroxyl groups is 1. The van der Waals surface area contributed by atoms with Gasteiger partial charge in [0.25, 0.3) is 0 Å². The van der Waals surface area contributed by atoms with Crippen molar-refractivity contribution in [1.82, 2.24) is 10.6 Å². The number of hydrogen-bond acceptors (Lipinski definition) is 3. The summed E-state index contributed by atoms with van der Waals surface area (Å²) in [7, 11) is 0. The van der Waals surface area contributed by atoms with Crippen LogP contribution in [0.2, 0.25) is 0 Å². The van der Waals surface area contributed by atoms with Crippen molar-refractivity contribution < 1.29 is 5.11 Å². The summed E-state index contributed by atoms with van der Waals surface area (Å²) < 4.78 is 0. The van der Waals surface area contributed by atoms with Crippen molar-refractivity contribution in [2.75, 3.05) is 6.54 Å². The lowest BCUT2D eigenvalue weighted by Crippen LogP contribution is -2.26. The van der Waals surface area contributed by atoms with Gasteiger partial charge in [-0.3, -0.25) is 0 Å². The quantitative estimate of drug-likeness (QED) is 0.325. The van der Waals surface area contributed by atoms with E-state index in [1.807, 2.05) is 36.4 Å². The zero-order valence-electron chi connectivity index (χ0n) is 17.1. The first-order chi connectivity index (χ1) is 14.8. The lowest BCUT2D eigenvalue weighted by atomic mass is 9.95. The molecule has 0 amide bonds. The van der Waals surface area contributed by atoms with Gasteiger partial charge in [0.15, 0.2) is 0 Å². The minimum Gasteiger partial charge on any atom is -0.508 e. The average Bonchev–Trinajstić information content (AvgIpc) is 2.80. The summed E-state index contributed by atoms with van der Waals surface area (Å²) >= 11 is 0. The number of rotatable bonds is 9. The maximum absolute atomic E-state index is 10.8. The molecule has 0 aliphatic rings. The minimum atomic E-state index is 0.0413. The molecular weight excluding hydrogens is 368 g/mol. The Morgan fingerprint density at radius 1 is 0.667 bits per heavy atom. The van der Waals surface area contributed by atoms with Gasteiger partial charge in [0.2, 0.25) is 0 Å². The van der Waals surface area contributed by atoms with E-state index >= 15 is 0 Å². The Bertz CT molecular complexity index is 1060. The predicted octanol–water partition coefficient (Wildman–Crippen LogP) is 5.56. The minimum absolute atomic E-state index is 0.0413. The van der Waals surface area contributed by atoms with Crippen LogP contribution in [0.4, 0.5) is 0 Å². The second-order valence-corrected chi connectivity index (χ2v) is 7.59. The highest BCUT2D eigenvalue weighted by Crippen LogP contribution is 2.34. The Labute approximate surface area is 178 Å². The largest absolute Gasteiger partial charge is 0.508 e. The molecule has 4 rings (SSSR count). The highest BCUT2D eigenvalue weighted by Gasteiger charge is 2.18. The number of phenolic OH excluding ortho intramolecular Hbond substituents is 1. The van der Waals surface area contributed by atoms with E-state index in [-0.39, 0.29) is 6.04 Å². The summed E-state index contributed by atoms with van der Waals surface area (Å²) in [5, 5.41) is 20.2. The van der Waals surface area contributed by atoms with Crippen LogP contribution in [-0.2, 0) is 13.1 Å². The first-order valence-corrected chi connectivity index (χ1v) is 10.5. The van der Waals surface area contributed by atoms with Gasteiger partial charge in [0.1, 0.15) is 5.75 Å². The Morgan fingerprint density at radius 3 is 2.03 bits per heavy atom. The zero-order valence-corrected chi connectivity index (χ0v) is 17.1. The van der Waals surface area contributed by atoms with E-state index < -0.39 is 0 Å². The zero-order chi connectivity index (χ0) is 20.6. The molecule has 0 bridgehead atoms. The summed E-state index contributed by atoms with van der Waals surface area (Å²) in [6.07, 6.45) is 0.876. The third kappa shape index (κ3) is 5.07. The van der Waals surface area contributed by atoms with Crippen molar-refractivity contribution in [1.29, 1.82) is 0 Å². The van der Waals surface area contributed by atoms with E-state index in [1.54, 1.807) is 0 Å². The average molecular weight is 397 g/mol. The van der Waals surface area contributed by atoms with Crippen molar-refractivity contribution in [3.8, 4) is 5.75 Å². The van der Waals surface area contributed by atoms with Crippen LogP contribution in [0.25, 0.3) is 10.8 Å². The van der Waals surface area contributed by atoms with Crippen LogP contribution in [0, 0.1) is 0 Å². The summed E-state index contributed by atoms with van der Waals surface area (Å²) in [4.78, 5) is 0. The van der Waals surface area contributed by atoms with Gasteiger partial charge in [-0.05, 0) is 40.9 Å².